The average Bonchev–Trinajstić information content (AvgIpc) is 2.49. The number of hydrogen-bond acceptors (Lipinski definition) is 2. The van der Waals surface area contributed by atoms with Gasteiger partial charge in [-0.25, -0.2) is 4.39 Å². The van der Waals surface area contributed by atoms with E-state index in [4.69, 9.17) is 16.3 Å². The Morgan fingerprint density at radius 3 is 2.57 bits per heavy atom. The van der Waals surface area contributed by atoms with Crippen LogP contribution in [0.2, 0.25) is 0 Å². The van der Waals surface area contributed by atoms with E-state index in [-0.39, 0.29) is 17.6 Å². The molecule has 0 bridgehead atoms. The molecule has 0 atom stereocenters. The smallest absolute Gasteiger partial charge is 0.239 e. The Kier molecular flexibility index (Phi) is 5.17. The number of ether oxygens (including phenoxy) is 1. The summed E-state index contributed by atoms with van der Waals surface area (Å²) in [6.07, 6.45) is 0. The second kappa shape index (κ2) is 7.09. The number of carbonyl (C=O) groups is 1. The SMILES string of the molecule is Cc1cc(OCc2ccc(F)cc2)ccc1NC(=O)CCl. The molecule has 2 rings (SSSR count). The van der Waals surface area contributed by atoms with Crippen LogP contribution in [0.3, 0.4) is 0 Å². The number of amides is 1. The molecule has 0 saturated carbocycles. The highest BCUT2D eigenvalue weighted by Crippen LogP contribution is 2.22. The lowest BCUT2D eigenvalue weighted by molar-refractivity contribution is -0.113. The zero-order valence-electron chi connectivity index (χ0n) is 11.5. The van der Waals surface area contributed by atoms with Gasteiger partial charge in [0.2, 0.25) is 5.91 Å². The summed E-state index contributed by atoms with van der Waals surface area (Å²) in [5.41, 5.74) is 2.47. The van der Waals surface area contributed by atoms with Gasteiger partial charge in [-0.1, -0.05) is 12.1 Å². The predicted octanol–water partition coefficient (Wildman–Crippen LogP) is 3.89. The van der Waals surface area contributed by atoms with E-state index in [1.165, 1.54) is 12.1 Å². The molecule has 0 spiro atoms. The quantitative estimate of drug-likeness (QED) is 0.851. The van der Waals surface area contributed by atoms with Gasteiger partial charge in [-0.15, -0.1) is 11.6 Å². The van der Waals surface area contributed by atoms with Gasteiger partial charge >= 0.3 is 0 Å². The summed E-state index contributed by atoms with van der Waals surface area (Å²) in [4.78, 5) is 11.3. The monoisotopic (exact) mass is 307 g/mol. The fourth-order valence-electron chi connectivity index (χ4n) is 1.80. The van der Waals surface area contributed by atoms with E-state index in [0.29, 0.717) is 18.0 Å². The maximum atomic E-state index is 12.8. The summed E-state index contributed by atoms with van der Waals surface area (Å²) in [6.45, 7) is 2.22. The fraction of sp³-hybridized carbons (Fsp3) is 0.188. The van der Waals surface area contributed by atoms with Gasteiger partial charge in [0.1, 0.15) is 24.1 Å². The highest BCUT2D eigenvalue weighted by Gasteiger charge is 2.05. The standard InChI is InChI=1S/C16H15ClFNO2/c1-11-8-14(6-7-15(11)19-16(20)9-17)21-10-12-2-4-13(18)5-3-12/h2-8H,9-10H2,1H3,(H,19,20). The van der Waals surface area contributed by atoms with Crippen molar-refractivity contribution < 1.29 is 13.9 Å². The van der Waals surface area contributed by atoms with Gasteiger partial charge < -0.3 is 10.1 Å². The normalized spacial score (nSPS) is 10.2. The highest BCUT2D eigenvalue weighted by atomic mass is 35.5. The Hall–Kier alpha value is -2.07. The fourth-order valence-corrected chi connectivity index (χ4v) is 1.86. The number of nitrogens with one attached hydrogen (secondary N) is 1. The minimum atomic E-state index is -0.269. The van der Waals surface area contributed by atoms with Crippen LogP contribution in [0.5, 0.6) is 5.75 Å². The minimum absolute atomic E-state index is 0.0811. The van der Waals surface area contributed by atoms with Gasteiger partial charge in [0.15, 0.2) is 0 Å². The molecule has 0 aliphatic rings. The Morgan fingerprint density at radius 1 is 1.24 bits per heavy atom. The van der Waals surface area contributed by atoms with Crippen molar-refractivity contribution >= 4 is 23.2 Å². The van der Waals surface area contributed by atoms with Crippen LogP contribution in [0.4, 0.5) is 10.1 Å². The molecule has 2 aromatic carbocycles. The Balaban J connectivity index is 1.99. The molecule has 1 N–H and O–H groups in total. The third-order valence-electron chi connectivity index (χ3n) is 2.91. The third-order valence-corrected chi connectivity index (χ3v) is 3.15. The number of alkyl halides is 1. The molecule has 0 saturated heterocycles. The van der Waals surface area contributed by atoms with Crippen LogP contribution in [0.1, 0.15) is 11.1 Å². The molecule has 0 unspecified atom stereocenters. The maximum Gasteiger partial charge on any atom is 0.239 e. The van der Waals surface area contributed by atoms with Crippen molar-refractivity contribution in [2.45, 2.75) is 13.5 Å². The molecule has 0 heterocycles. The van der Waals surface area contributed by atoms with E-state index < -0.39 is 0 Å². The van der Waals surface area contributed by atoms with Gasteiger partial charge in [-0.2, -0.15) is 0 Å². The van der Waals surface area contributed by atoms with Crippen LogP contribution in [0.15, 0.2) is 42.5 Å². The van der Waals surface area contributed by atoms with Crippen LogP contribution in [-0.4, -0.2) is 11.8 Å². The topological polar surface area (TPSA) is 38.3 Å². The maximum absolute atomic E-state index is 12.8. The van der Waals surface area contributed by atoms with Crippen molar-refractivity contribution in [2.24, 2.45) is 0 Å². The molecule has 21 heavy (non-hydrogen) atoms. The molecule has 5 heteroatoms. The summed E-state index contributed by atoms with van der Waals surface area (Å²) in [6, 6.07) is 11.5. The first-order valence-electron chi connectivity index (χ1n) is 6.42. The van der Waals surface area contributed by atoms with Crippen molar-refractivity contribution in [3.63, 3.8) is 0 Å². The molecule has 0 fully saturated rings. The molecule has 110 valence electrons. The first-order chi connectivity index (χ1) is 10.1. The molecule has 0 aromatic heterocycles. The highest BCUT2D eigenvalue weighted by molar-refractivity contribution is 6.29. The van der Waals surface area contributed by atoms with Gasteiger partial charge in [-0.05, 0) is 48.4 Å². The summed E-state index contributed by atoms with van der Waals surface area (Å²) in [5.74, 6) is 0.0804. The number of anilines is 1. The lowest BCUT2D eigenvalue weighted by atomic mass is 10.2. The molecule has 0 aliphatic carbocycles. The van der Waals surface area contributed by atoms with Gasteiger partial charge in [0, 0.05) is 5.69 Å². The number of aryl methyl sites for hydroxylation is 1. The second-order valence-corrected chi connectivity index (χ2v) is 4.84. The number of hydrogen-bond donors (Lipinski definition) is 1. The molecule has 2 aromatic rings. The van der Waals surface area contributed by atoms with Crippen LogP contribution >= 0.6 is 11.6 Å². The van der Waals surface area contributed by atoms with Crippen molar-refractivity contribution in [2.75, 3.05) is 11.2 Å². The Labute approximate surface area is 127 Å². The van der Waals surface area contributed by atoms with Crippen LogP contribution in [0, 0.1) is 12.7 Å². The Morgan fingerprint density at radius 2 is 1.95 bits per heavy atom. The van der Waals surface area contributed by atoms with Gasteiger partial charge in [-0.3, -0.25) is 4.79 Å². The summed E-state index contributed by atoms with van der Waals surface area (Å²) < 4.78 is 18.4. The molecule has 0 radical (unpaired) electrons. The number of benzene rings is 2. The van der Waals surface area contributed by atoms with Crippen LogP contribution in [-0.2, 0) is 11.4 Å². The average molecular weight is 308 g/mol. The zero-order chi connectivity index (χ0) is 15.2. The van der Waals surface area contributed by atoms with E-state index in [0.717, 1.165) is 11.1 Å². The molecular weight excluding hydrogens is 293 g/mol. The van der Waals surface area contributed by atoms with E-state index in [9.17, 15) is 9.18 Å². The second-order valence-electron chi connectivity index (χ2n) is 4.57. The van der Waals surface area contributed by atoms with Crippen molar-refractivity contribution in [1.82, 2.24) is 0 Å². The number of carbonyl (C=O) groups excluding carboxylic acids is 1. The van der Waals surface area contributed by atoms with Crippen LogP contribution in [0.25, 0.3) is 0 Å². The molecule has 3 nitrogen and oxygen atoms in total. The minimum Gasteiger partial charge on any atom is -0.489 e. The van der Waals surface area contributed by atoms with Crippen LogP contribution < -0.4 is 10.1 Å². The van der Waals surface area contributed by atoms with Crippen molar-refractivity contribution in [1.29, 1.82) is 0 Å². The summed E-state index contributed by atoms with van der Waals surface area (Å²) in [5, 5.41) is 2.70. The van der Waals surface area contributed by atoms with Gasteiger partial charge in [0.25, 0.3) is 0 Å². The van der Waals surface area contributed by atoms with E-state index >= 15 is 0 Å². The van der Waals surface area contributed by atoms with Crippen molar-refractivity contribution in [3.05, 3.63) is 59.4 Å². The van der Waals surface area contributed by atoms with Gasteiger partial charge in [0.05, 0.1) is 0 Å². The first-order valence-corrected chi connectivity index (χ1v) is 6.95. The van der Waals surface area contributed by atoms with Crippen molar-refractivity contribution in [3.8, 4) is 5.75 Å². The largest absolute Gasteiger partial charge is 0.489 e. The summed E-state index contributed by atoms with van der Waals surface area (Å²) in [7, 11) is 0. The third kappa shape index (κ3) is 4.46. The zero-order valence-corrected chi connectivity index (χ0v) is 12.3. The number of rotatable bonds is 5. The first kappa shape index (κ1) is 15.3. The van der Waals surface area contributed by atoms with E-state index in [1.54, 1.807) is 24.3 Å². The van der Waals surface area contributed by atoms with E-state index in [1.807, 2.05) is 13.0 Å². The lowest BCUT2D eigenvalue weighted by Crippen LogP contribution is -2.13. The van der Waals surface area contributed by atoms with E-state index in [2.05, 4.69) is 5.32 Å². The lowest BCUT2D eigenvalue weighted by Gasteiger charge is -2.11. The number of halogens is 2. The predicted molar refractivity (Wildman–Crippen MR) is 81.3 cm³/mol. The molecule has 1 amide bonds. The molecular formula is C16H15ClFNO2. The summed E-state index contributed by atoms with van der Waals surface area (Å²) >= 11 is 5.45. The Bertz CT molecular complexity index is 629. The molecule has 0 aliphatic heterocycles.